The summed E-state index contributed by atoms with van der Waals surface area (Å²) in [6, 6.07) is 15.3. The van der Waals surface area contributed by atoms with Crippen molar-refractivity contribution in [1.82, 2.24) is 19.0 Å². The van der Waals surface area contributed by atoms with E-state index in [0.717, 1.165) is 36.0 Å². The van der Waals surface area contributed by atoms with Crippen LogP contribution in [0.5, 0.6) is 0 Å². The molecule has 3 amide bonds. The molecule has 144 valence electrons. The molecule has 0 spiro atoms. The van der Waals surface area contributed by atoms with Crippen molar-refractivity contribution in [1.29, 1.82) is 0 Å². The number of nitrogens with zero attached hydrogens (tertiary/aromatic N) is 4. The van der Waals surface area contributed by atoms with E-state index in [2.05, 4.69) is 36.4 Å². The van der Waals surface area contributed by atoms with Crippen LogP contribution in [0, 0.1) is 0 Å². The van der Waals surface area contributed by atoms with Crippen LogP contribution in [-0.2, 0) is 4.79 Å². The summed E-state index contributed by atoms with van der Waals surface area (Å²) in [4.78, 5) is 28.6. The second-order valence-corrected chi connectivity index (χ2v) is 6.98. The number of fused-ring (bicyclic) bond motifs is 1. The van der Waals surface area contributed by atoms with Gasteiger partial charge in [0, 0.05) is 31.9 Å². The molecule has 2 aromatic carbocycles. The molecule has 9 heteroatoms. The number of piperazine rings is 1. The minimum atomic E-state index is -0.295. The van der Waals surface area contributed by atoms with Crippen molar-refractivity contribution in [2.75, 3.05) is 42.9 Å². The highest BCUT2D eigenvalue weighted by molar-refractivity contribution is 7.00. The summed E-state index contributed by atoms with van der Waals surface area (Å²) in [6.45, 7) is 2.68. The summed E-state index contributed by atoms with van der Waals surface area (Å²) in [5.74, 6) is -0.295. The number of hydrogen-bond donors (Lipinski definition) is 2. The van der Waals surface area contributed by atoms with Gasteiger partial charge in [-0.25, -0.2) is 4.79 Å². The highest BCUT2D eigenvalue weighted by atomic mass is 32.1. The monoisotopic (exact) mass is 396 g/mol. The van der Waals surface area contributed by atoms with E-state index in [1.165, 1.54) is 0 Å². The van der Waals surface area contributed by atoms with Crippen LogP contribution < -0.4 is 15.5 Å². The van der Waals surface area contributed by atoms with Gasteiger partial charge in [-0.2, -0.15) is 8.75 Å². The molecule has 1 aromatic heterocycles. The average molecular weight is 396 g/mol. The fourth-order valence-electron chi connectivity index (χ4n) is 3.18. The number of para-hydroxylation sites is 1. The lowest BCUT2D eigenvalue weighted by Crippen LogP contribution is -2.52. The Labute approximate surface area is 166 Å². The maximum Gasteiger partial charge on any atom is 0.317 e. The van der Waals surface area contributed by atoms with Gasteiger partial charge in [-0.05, 0) is 24.3 Å². The SMILES string of the molecule is O=C(CNC(=O)N1CCN(c2ccccc2)CC1)Nc1cccc2nsnc12. The van der Waals surface area contributed by atoms with Gasteiger partial charge < -0.3 is 20.4 Å². The normalized spacial score (nSPS) is 14.1. The quantitative estimate of drug-likeness (QED) is 0.705. The van der Waals surface area contributed by atoms with Gasteiger partial charge in [-0.15, -0.1) is 0 Å². The number of anilines is 2. The van der Waals surface area contributed by atoms with Crippen LogP contribution in [0.1, 0.15) is 0 Å². The van der Waals surface area contributed by atoms with Crippen LogP contribution in [0.15, 0.2) is 48.5 Å². The van der Waals surface area contributed by atoms with Crippen molar-refractivity contribution in [2.24, 2.45) is 0 Å². The first-order valence-corrected chi connectivity index (χ1v) is 9.77. The Morgan fingerprint density at radius 3 is 2.54 bits per heavy atom. The average Bonchev–Trinajstić information content (AvgIpc) is 3.23. The summed E-state index contributed by atoms with van der Waals surface area (Å²) in [7, 11) is 0. The fraction of sp³-hybridized carbons (Fsp3) is 0.263. The molecule has 0 bridgehead atoms. The number of nitrogens with one attached hydrogen (secondary N) is 2. The van der Waals surface area contributed by atoms with E-state index in [1.54, 1.807) is 11.0 Å². The van der Waals surface area contributed by atoms with E-state index in [1.807, 2.05) is 30.3 Å². The molecule has 1 aliphatic rings. The van der Waals surface area contributed by atoms with Gasteiger partial charge in [-0.3, -0.25) is 4.79 Å². The minimum absolute atomic E-state index is 0.0916. The van der Waals surface area contributed by atoms with Crippen molar-refractivity contribution in [3.05, 3.63) is 48.5 Å². The number of carbonyl (C=O) groups is 2. The van der Waals surface area contributed by atoms with E-state index >= 15 is 0 Å². The number of aromatic nitrogens is 2. The Balaban J connectivity index is 1.25. The van der Waals surface area contributed by atoms with E-state index in [-0.39, 0.29) is 18.5 Å². The van der Waals surface area contributed by atoms with Crippen molar-refractivity contribution in [3.63, 3.8) is 0 Å². The van der Waals surface area contributed by atoms with Crippen molar-refractivity contribution < 1.29 is 9.59 Å². The van der Waals surface area contributed by atoms with Gasteiger partial charge in [-0.1, -0.05) is 24.3 Å². The van der Waals surface area contributed by atoms with Crippen LogP contribution in [0.3, 0.4) is 0 Å². The molecule has 2 heterocycles. The highest BCUT2D eigenvalue weighted by Gasteiger charge is 2.21. The predicted octanol–water partition coefficient (Wildman–Crippen LogP) is 2.16. The van der Waals surface area contributed by atoms with E-state index in [4.69, 9.17) is 0 Å². The number of hydrogen-bond acceptors (Lipinski definition) is 6. The van der Waals surface area contributed by atoms with Crippen molar-refractivity contribution in [3.8, 4) is 0 Å². The number of benzene rings is 2. The van der Waals surface area contributed by atoms with Crippen LogP contribution in [0.2, 0.25) is 0 Å². The Hall–Kier alpha value is -3.20. The third-order valence-corrected chi connectivity index (χ3v) is 5.19. The first-order valence-electron chi connectivity index (χ1n) is 9.04. The maximum absolute atomic E-state index is 12.4. The zero-order chi connectivity index (χ0) is 19.3. The Kier molecular flexibility index (Phi) is 5.34. The molecule has 0 atom stereocenters. The molecule has 0 radical (unpaired) electrons. The zero-order valence-corrected chi connectivity index (χ0v) is 16.0. The van der Waals surface area contributed by atoms with Gasteiger partial charge in [0.15, 0.2) is 0 Å². The topological polar surface area (TPSA) is 90.5 Å². The lowest BCUT2D eigenvalue weighted by atomic mass is 10.2. The van der Waals surface area contributed by atoms with Gasteiger partial charge in [0.2, 0.25) is 5.91 Å². The minimum Gasteiger partial charge on any atom is -0.368 e. The predicted molar refractivity (Wildman–Crippen MR) is 110 cm³/mol. The number of rotatable bonds is 4. The van der Waals surface area contributed by atoms with Gasteiger partial charge >= 0.3 is 6.03 Å². The third-order valence-electron chi connectivity index (χ3n) is 4.65. The van der Waals surface area contributed by atoms with Gasteiger partial charge in [0.05, 0.1) is 24.0 Å². The van der Waals surface area contributed by atoms with Crippen LogP contribution >= 0.6 is 11.7 Å². The standard InChI is InChI=1S/C19H20N6O2S/c26-17(21-15-7-4-8-16-18(15)23-28-22-16)13-20-19(27)25-11-9-24(10-12-25)14-5-2-1-3-6-14/h1-8H,9-13H2,(H,20,27)(H,21,26). The van der Waals surface area contributed by atoms with Crippen molar-refractivity contribution in [2.45, 2.75) is 0 Å². The lowest BCUT2D eigenvalue weighted by Gasteiger charge is -2.36. The summed E-state index contributed by atoms with van der Waals surface area (Å²) in [5.41, 5.74) is 3.15. The molecule has 0 aliphatic carbocycles. The molecule has 4 rings (SSSR count). The molecule has 1 saturated heterocycles. The van der Waals surface area contributed by atoms with Crippen LogP contribution in [0.4, 0.5) is 16.2 Å². The lowest BCUT2D eigenvalue weighted by molar-refractivity contribution is -0.115. The summed E-state index contributed by atoms with van der Waals surface area (Å²) >= 11 is 1.10. The van der Waals surface area contributed by atoms with E-state index in [0.29, 0.717) is 24.3 Å². The Bertz CT molecular complexity index is 969. The Morgan fingerprint density at radius 2 is 1.75 bits per heavy atom. The number of amides is 3. The molecule has 28 heavy (non-hydrogen) atoms. The van der Waals surface area contributed by atoms with E-state index in [9.17, 15) is 9.59 Å². The van der Waals surface area contributed by atoms with Gasteiger partial charge in [0.25, 0.3) is 0 Å². The summed E-state index contributed by atoms with van der Waals surface area (Å²) in [6.07, 6.45) is 0. The molecule has 0 saturated carbocycles. The zero-order valence-electron chi connectivity index (χ0n) is 15.2. The molecular formula is C19H20N6O2S. The maximum atomic E-state index is 12.4. The number of carbonyl (C=O) groups excluding carboxylic acids is 2. The smallest absolute Gasteiger partial charge is 0.317 e. The summed E-state index contributed by atoms with van der Waals surface area (Å²) < 4.78 is 8.34. The second kappa shape index (κ2) is 8.22. The largest absolute Gasteiger partial charge is 0.368 e. The molecule has 1 aliphatic heterocycles. The summed E-state index contributed by atoms with van der Waals surface area (Å²) in [5, 5.41) is 5.47. The fourth-order valence-corrected chi connectivity index (χ4v) is 3.73. The molecule has 1 fully saturated rings. The number of urea groups is 1. The molecule has 2 N–H and O–H groups in total. The van der Waals surface area contributed by atoms with E-state index < -0.39 is 0 Å². The first-order chi connectivity index (χ1) is 13.7. The molecule has 0 unspecified atom stereocenters. The molecule has 3 aromatic rings. The highest BCUT2D eigenvalue weighted by Crippen LogP contribution is 2.21. The van der Waals surface area contributed by atoms with Crippen LogP contribution in [0.25, 0.3) is 11.0 Å². The van der Waals surface area contributed by atoms with Crippen LogP contribution in [-0.4, -0.2) is 58.3 Å². The third kappa shape index (κ3) is 4.04. The Morgan fingerprint density at radius 1 is 0.964 bits per heavy atom. The van der Waals surface area contributed by atoms with Crippen molar-refractivity contribution >= 4 is 46.1 Å². The molecule has 8 nitrogen and oxygen atoms in total. The second-order valence-electron chi connectivity index (χ2n) is 6.45. The first kappa shape index (κ1) is 18.2. The molecular weight excluding hydrogens is 376 g/mol. The van der Waals surface area contributed by atoms with Gasteiger partial charge in [0.1, 0.15) is 11.0 Å².